The number of carbonyl (C=O) groups excluding carboxylic acids is 1. The fourth-order valence-electron chi connectivity index (χ4n) is 1.88. The summed E-state index contributed by atoms with van der Waals surface area (Å²) in [7, 11) is 0. The molecule has 0 atom stereocenters. The highest BCUT2D eigenvalue weighted by Gasteiger charge is 2.38. The second-order valence-corrected chi connectivity index (χ2v) is 6.19. The number of fused-ring (bicyclic) bond motifs is 1. The molecule has 3 rings (SSSR count). The number of carbonyl (C=O) groups is 2. The summed E-state index contributed by atoms with van der Waals surface area (Å²) in [6.07, 6.45) is -3.45. The maximum absolute atomic E-state index is 12.4. The number of anilines is 1. The molecule has 0 spiro atoms. The van der Waals surface area contributed by atoms with Gasteiger partial charge in [0.25, 0.3) is 5.91 Å². The van der Waals surface area contributed by atoms with Crippen molar-refractivity contribution in [1.82, 2.24) is 14.3 Å². The third-order valence-electron chi connectivity index (χ3n) is 3.03. The van der Waals surface area contributed by atoms with Crippen LogP contribution >= 0.6 is 23.1 Å². The zero-order valence-corrected chi connectivity index (χ0v) is 15.3. The van der Waals surface area contributed by atoms with E-state index in [9.17, 15) is 18.0 Å². The normalized spacial score (nSPS) is 10.9. The van der Waals surface area contributed by atoms with Gasteiger partial charge < -0.3 is 10.8 Å². The molecule has 0 saturated heterocycles. The van der Waals surface area contributed by atoms with Crippen molar-refractivity contribution in [3.63, 3.8) is 0 Å². The number of rotatable bonds is 3. The highest BCUT2D eigenvalue weighted by molar-refractivity contribution is 7.09. The van der Waals surface area contributed by atoms with Crippen LogP contribution in [-0.2, 0) is 11.3 Å². The van der Waals surface area contributed by atoms with Crippen LogP contribution in [0.5, 0.6) is 0 Å². The minimum atomic E-state index is -5.08. The number of hydrogen-bond donors (Lipinski definition) is 3. The lowest BCUT2D eigenvalue weighted by atomic mass is 10.1. The van der Waals surface area contributed by atoms with Gasteiger partial charge in [0.2, 0.25) is 5.13 Å². The van der Waals surface area contributed by atoms with Gasteiger partial charge in [0.15, 0.2) is 5.82 Å². The van der Waals surface area contributed by atoms with Crippen molar-refractivity contribution in [2.24, 2.45) is 5.73 Å². The summed E-state index contributed by atoms with van der Waals surface area (Å²) < 4.78 is 35.7. The molecule has 8 nitrogen and oxygen atoms in total. The maximum Gasteiger partial charge on any atom is 0.490 e. The van der Waals surface area contributed by atoms with Crippen LogP contribution in [0.2, 0.25) is 5.02 Å². The van der Waals surface area contributed by atoms with Gasteiger partial charge in [0, 0.05) is 28.1 Å². The largest absolute Gasteiger partial charge is 0.490 e. The van der Waals surface area contributed by atoms with E-state index in [1.54, 1.807) is 24.4 Å². The summed E-state index contributed by atoms with van der Waals surface area (Å²) in [4.78, 5) is 29.6. The van der Waals surface area contributed by atoms with Gasteiger partial charge in [-0.2, -0.15) is 17.5 Å². The van der Waals surface area contributed by atoms with Gasteiger partial charge >= 0.3 is 12.1 Å². The Morgan fingerprint density at radius 1 is 1.32 bits per heavy atom. The third kappa shape index (κ3) is 5.58. The molecule has 148 valence electrons. The summed E-state index contributed by atoms with van der Waals surface area (Å²) in [5.41, 5.74) is 6.42. The fraction of sp³-hybridized carbons (Fsp3) is 0.133. The number of nitrogens with zero attached hydrogens (tertiary/aromatic N) is 3. The van der Waals surface area contributed by atoms with Gasteiger partial charge in [-0.15, -0.1) is 0 Å². The van der Waals surface area contributed by atoms with Gasteiger partial charge in [-0.25, -0.2) is 9.78 Å². The summed E-state index contributed by atoms with van der Waals surface area (Å²) in [5.74, 6) is -2.60. The first-order valence-corrected chi connectivity index (χ1v) is 8.45. The molecule has 0 aliphatic carbocycles. The molecule has 0 aliphatic heterocycles. The van der Waals surface area contributed by atoms with E-state index in [4.69, 9.17) is 27.2 Å². The minimum absolute atomic E-state index is 0.230. The first kappa shape index (κ1) is 21.5. The average Bonchev–Trinajstić information content (AvgIpc) is 3.08. The Bertz CT molecular complexity index is 1010. The predicted octanol–water partition coefficient (Wildman–Crippen LogP) is 3.08. The number of halogens is 4. The first-order valence-electron chi connectivity index (χ1n) is 7.30. The predicted molar refractivity (Wildman–Crippen MR) is 96.2 cm³/mol. The van der Waals surface area contributed by atoms with Gasteiger partial charge in [-0.1, -0.05) is 17.7 Å². The van der Waals surface area contributed by atoms with Crippen LogP contribution in [0, 0.1) is 0 Å². The lowest BCUT2D eigenvalue weighted by molar-refractivity contribution is -0.192. The number of alkyl halides is 3. The van der Waals surface area contributed by atoms with Gasteiger partial charge in [0.05, 0.1) is 17.6 Å². The van der Waals surface area contributed by atoms with Crippen LogP contribution in [0.3, 0.4) is 0 Å². The van der Waals surface area contributed by atoms with Crippen LogP contribution in [0.1, 0.15) is 16.2 Å². The van der Waals surface area contributed by atoms with Crippen LogP contribution in [0.25, 0.3) is 10.9 Å². The van der Waals surface area contributed by atoms with E-state index in [2.05, 4.69) is 19.7 Å². The van der Waals surface area contributed by atoms with Crippen LogP contribution in [-0.4, -0.2) is 37.5 Å². The number of carboxylic acids is 1. The molecule has 3 aromatic rings. The van der Waals surface area contributed by atoms with Crippen molar-refractivity contribution in [2.75, 3.05) is 5.32 Å². The number of carboxylic acid groups (broad SMARTS) is 1. The molecule has 0 aliphatic rings. The lowest BCUT2D eigenvalue weighted by Crippen LogP contribution is -2.21. The number of pyridine rings is 1. The molecule has 2 heterocycles. The third-order valence-corrected chi connectivity index (χ3v) is 3.91. The molecular weight excluding hydrogens is 423 g/mol. The smallest absolute Gasteiger partial charge is 0.475 e. The molecule has 0 radical (unpaired) electrons. The summed E-state index contributed by atoms with van der Waals surface area (Å²) in [5, 5.41) is 11.5. The number of aliphatic carboxylic acids is 1. The van der Waals surface area contributed by atoms with E-state index < -0.39 is 12.1 Å². The zero-order chi connectivity index (χ0) is 20.9. The van der Waals surface area contributed by atoms with E-state index in [1.165, 1.54) is 0 Å². The molecule has 1 amide bonds. The van der Waals surface area contributed by atoms with Gasteiger partial charge in [-0.05, 0) is 18.2 Å². The Morgan fingerprint density at radius 3 is 2.57 bits per heavy atom. The molecule has 0 unspecified atom stereocenters. The Morgan fingerprint density at radius 2 is 2.00 bits per heavy atom. The van der Waals surface area contributed by atoms with Gasteiger partial charge in [0.1, 0.15) is 0 Å². The van der Waals surface area contributed by atoms with E-state index in [0.29, 0.717) is 27.1 Å². The SMILES string of the molecule is NCc1nsc(NC(=O)c2cc(Cl)cc3cccnc23)n1.O=C(O)C(F)(F)F. The van der Waals surface area contributed by atoms with Crippen molar-refractivity contribution in [2.45, 2.75) is 12.7 Å². The first-order chi connectivity index (χ1) is 13.1. The summed E-state index contributed by atoms with van der Waals surface area (Å²) in [6, 6.07) is 6.98. The quantitative estimate of drug-likeness (QED) is 0.578. The van der Waals surface area contributed by atoms with E-state index in [0.717, 1.165) is 16.9 Å². The van der Waals surface area contributed by atoms with Crippen molar-refractivity contribution in [3.8, 4) is 0 Å². The molecular formula is C15H11ClF3N5O3S. The highest BCUT2D eigenvalue weighted by atomic mass is 35.5. The highest BCUT2D eigenvalue weighted by Crippen LogP contribution is 2.23. The molecule has 4 N–H and O–H groups in total. The molecule has 28 heavy (non-hydrogen) atoms. The van der Waals surface area contributed by atoms with Crippen molar-refractivity contribution >= 4 is 51.0 Å². The molecule has 0 saturated carbocycles. The number of benzene rings is 1. The second-order valence-electron chi connectivity index (χ2n) is 5.01. The van der Waals surface area contributed by atoms with Crippen molar-refractivity contribution < 1.29 is 27.9 Å². The molecule has 2 aromatic heterocycles. The number of nitrogens with two attached hydrogens (primary N) is 1. The fourth-order valence-corrected chi connectivity index (χ4v) is 2.70. The molecule has 1 aromatic carbocycles. The number of amides is 1. The summed E-state index contributed by atoms with van der Waals surface area (Å²) >= 11 is 7.13. The Hall–Kier alpha value is -2.83. The Kier molecular flexibility index (Phi) is 6.83. The van der Waals surface area contributed by atoms with Crippen LogP contribution in [0.15, 0.2) is 30.5 Å². The second kappa shape index (κ2) is 8.91. The Labute approximate surface area is 164 Å². The van der Waals surface area contributed by atoms with E-state index in [1.807, 2.05) is 6.07 Å². The topological polar surface area (TPSA) is 131 Å². The van der Waals surface area contributed by atoms with Crippen molar-refractivity contribution in [1.29, 1.82) is 0 Å². The molecule has 13 heteroatoms. The van der Waals surface area contributed by atoms with Crippen LogP contribution < -0.4 is 11.1 Å². The number of hydrogen-bond acceptors (Lipinski definition) is 7. The number of aromatic nitrogens is 3. The molecule has 0 fully saturated rings. The van der Waals surface area contributed by atoms with Crippen molar-refractivity contribution in [3.05, 3.63) is 46.9 Å². The maximum atomic E-state index is 12.4. The standard InChI is InChI=1S/C13H10ClN5OS.C2HF3O2/c14-8-4-7-2-1-3-16-11(7)9(5-8)12(20)18-13-17-10(6-15)19-21-13;3-2(4,5)1(6)7/h1-5H,6,15H2,(H,17,18,19,20);(H,6,7). The average molecular weight is 434 g/mol. The minimum Gasteiger partial charge on any atom is -0.475 e. The number of nitrogens with one attached hydrogen (secondary N) is 1. The van der Waals surface area contributed by atoms with Crippen LogP contribution in [0.4, 0.5) is 18.3 Å². The molecule has 0 bridgehead atoms. The monoisotopic (exact) mass is 433 g/mol. The van der Waals surface area contributed by atoms with E-state index in [-0.39, 0.29) is 12.5 Å². The summed E-state index contributed by atoms with van der Waals surface area (Å²) in [6.45, 7) is 0.230. The lowest BCUT2D eigenvalue weighted by Gasteiger charge is -2.06. The zero-order valence-electron chi connectivity index (χ0n) is 13.7. The van der Waals surface area contributed by atoms with Gasteiger partial charge in [-0.3, -0.25) is 15.1 Å². The van der Waals surface area contributed by atoms with E-state index >= 15 is 0 Å². The Balaban J connectivity index is 0.000000345.